The second-order valence-corrected chi connectivity index (χ2v) is 8.12. The number of benzene rings is 3. The summed E-state index contributed by atoms with van der Waals surface area (Å²) in [6.45, 7) is 2.03. The van der Waals surface area contributed by atoms with E-state index in [0.717, 1.165) is 22.3 Å². The highest BCUT2D eigenvalue weighted by Gasteiger charge is 2.29. The van der Waals surface area contributed by atoms with E-state index in [-0.39, 0.29) is 25.5 Å². The van der Waals surface area contributed by atoms with Gasteiger partial charge in [-0.1, -0.05) is 54.6 Å². The minimum atomic E-state index is -1.24. The zero-order chi connectivity index (χ0) is 22.7. The second kappa shape index (κ2) is 9.51. The zero-order valence-electron chi connectivity index (χ0n) is 17.8. The second-order valence-electron chi connectivity index (χ2n) is 8.12. The molecule has 0 heterocycles. The first-order valence-electron chi connectivity index (χ1n) is 10.7. The predicted octanol–water partition coefficient (Wildman–Crippen LogP) is 4.46. The number of ether oxygens (including phenoxy) is 1. The van der Waals surface area contributed by atoms with E-state index < -0.39 is 24.1 Å². The van der Waals surface area contributed by atoms with Gasteiger partial charge in [0.05, 0.1) is 6.10 Å². The average molecular weight is 435 g/mol. The topological polar surface area (TPSA) is 78.8 Å². The Morgan fingerprint density at radius 1 is 1.03 bits per heavy atom. The highest BCUT2D eigenvalue weighted by molar-refractivity contribution is 5.79. The molecule has 3 aromatic carbocycles. The maximum absolute atomic E-state index is 13.5. The summed E-state index contributed by atoms with van der Waals surface area (Å²) in [5.41, 5.74) is 5.53. The molecule has 0 spiro atoms. The number of carbonyl (C=O) groups is 1. The molecule has 5 nitrogen and oxygen atoms in total. The number of amides is 1. The maximum Gasteiger partial charge on any atom is 0.407 e. The number of aliphatic hydroxyl groups is 2. The smallest absolute Gasteiger partial charge is 0.407 e. The normalized spacial score (nSPS) is 14.4. The molecule has 0 aliphatic heterocycles. The summed E-state index contributed by atoms with van der Waals surface area (Å²) >= 11 is 0. The molecule has 0 bridgehead atoms. The van der Waals surface area contributed by atoms with Gasteiger partial charge in [-0.05, 0) is 58.9 Å². The van der Waals surface area contributed by atoms with Crippen molar-refractivity contribution >= 4 is 6.09 Å². The van der Waals surface area contributed by atoms with E-state index in [0.29, 0.717) is 11.1 Å². The van der Waals surface area contributed by atoms with E-state index in [1.807, 2.05) is 36.4 Å². The highest BCUT2D eigenvalue weighted by atomic mass is 19.1. The molecule has 3 aromatic rings. The van der Waals surface area contributed by atoms with Gasteiger partial charge < -0.3 is 20.3 Å². The summed E-state index contributed by atoms with van der Waals surface area (Å²) in [4.78, 5) is 12.2. The molecule has 3 N–H and O–H groups in total. The van der Waals surface area contributed by atoms with Crippen LogP contribution in [0.15, 0.2) is 66.7 Å². The van der Waals surface area contributed by atoms with Crippen molar-refractivity contribution in [3.8, 4) is 11.1 Å². The van der Waals surface area contributed by atoms with Crippen molar-refractivity contribution in [3.05, 3.63) is 94.8 Å². The molecule has 4 rings (SSSR count). The van der Waals surface area contributed by atoms with E-state index >= 15 is 0 Å². The molecular weight excluding hydrogens is 409 g/mol. The predicted molar refractivity (Wildman–Crippen MR) is 120 cm³/mol. The monoisotopic (exact) mass is 435 g/mol. The van der Waals surface area contributed by atoms with Gasteiger partial charge >= 0.3 is 6.09 Å². The molecule has 2 unspecified atom stereocenters. The fraction of sp³-hybridized carbons (Fsp3) is 0.269. The van der Waals surface area contributed by atoms with Gasteiger partial charge in [0.25, 0.3) is 0 Å². The quantitative estimate of drug-likeness (QED) is 0.512. The minimum Gasteiger partial charge on any atom is -0.449 e. The van der Waals surface area contributed by atoms with Crippen molar-refractivity contribution < 1.29 is 24.1 Å². The molecule has 32 heavy (non-hydrogen) atoms. The van der Waals surface area contributed by atoms with Crippen LogP contribution in [0.25, 0.3) is 11.1 Å². The lowest BCUT2D eigenvalue weighted by atomic mass is 9.98. The van der Waals surface area contributed by atoms with Gasteiger partial charge in [0.15, 0.2) is 0 Å². The number of hydrogen-bond donors (Lipinski definition) is 3. The van der Waals surface area contributed by atoms with Crippen LogP contribution in [0.3, 0.4) is 0 Å². The molecule has 6 heteroatoms. The van der Waals surface area contributed by atoms with E-state index in [1.54, 1.807) is 13.0 Å². The first-order valence-corrected chi connectivity index (χ1v) is 10.7. The van der Waals surface area contributed by atoms with Crippen molar-refractivity contribution in [1.29, 1.82) is 0 Å². The van der Waals surface area contributed by atoms with Crippen molar-refractivity contribution in [3.63, 3.8) is 0 Å². The number of hydrogen-bond acceptors (Lipinski definition) is 4. The Kier molecular flexibility index (Phi) is 6.53. The Labute approximate surface area is 186 Å². The molecule has 166 valence electrons. The third kappa shape index (κ3) is 4.66. The van der Waals surface area contributed by atoms with Crippen LogP contribution in [0.2, 0.25) is 0 Å². The minimum absolute atomic E-state index is 0.0308. The number of carbonyl (C=O) groups excluding carboxylic acids is 1. The molecular formula is C26H26FNO4. The van der Waals surface area contributed by atoms with Crippen LogP contribution in [0.1, 0.15) is 40.7 Å². The van der Waals surface area contributed by atoms with E-state index in [4.69, 9.17) is 4.74 Å². The van der Waals surface area contributed by atoms with Gasteiger partial charge in [-0.25, -0.2) is 9.18 Å². The average Bonchev–Trinajstić information content (AvgIpc) is 3.10. The summed E-state index contributed by atoms with van der Waals surface area (Å²) in [6, 6.07) is 20.3. The molecule has 1 amide bonds. The third-order valence-electron chi connectivity index (χ3n) is 5.82. The van der Waals surface area contributed by atoms with Crippen LogP contribution in [0.5, 0.6) is 0 Å². The van der Waals surface area contributed by atoms with Crippen LogP contribution in [-0.2, 0) is 4.74 Å². The Bertz CT molecular complexity index is 1050. The van der Waals surface area contributed by atoms with Crippen molar-refractivity contribution in [2.75, 3.05) is 13.2 Å². The maximum atomic E-state index is 13.5. The molecule has 2 atom stereocenters. The largest absolute Gasteiger partial charge is 0.449 e. The number of rotatable bonds is 7. The van der Waals surface area contributed by atoms with Crippen LogP contribution in [0, 0.1) is 12.7 Å². The fourth-order valence-electron chi connectivity index (χ4n) is 4.29. The Morgan fingerprint density at radius 2 is 1.66 bits per heavy atom. The van der Waals surface area contributed by atoms with Gasteiger partial charge in [-0.3, -0.25) is 0 Å². The molecule has 1 aliphatic carbocycles. The molecule has 0 fully saturated rings. The Balaban J connectivity index is 1.29. The van der Waals surface area contributed by atoms with Crippen molar-refractivity contribution in [2.24, 2.45) is 0 Å². The number of halogens is 1. The number of alkyl carbamates (subject to hydrolysis) is 1. The first-order chi connectivity index (χ1) is 15.4. The number of nitrogens with one attached hydrogen (secondary N) is 1. The zero-order valence-corrected chi connectivity index (χ0v) is 17.8. The van der Waals surface area contributed by atoms with Crippen molar-refractivity contribution in [2.45, 2.75) is 31.5 Å². The third-order valence-corrected chi connectivity index (χ3v) is 5.82. The summed E-state index contributed by atoms with van der Waals surface area (Å²) < 4.78 is 19.0. The lowest BCUT2D eigenvalue weighted by Crippen LogP contribution is -2.30. The molecule has 0 aromatic heterocycles. The molecule has 0 saturated carbocycles. The summed E-state index contributed by atoms with van der Waals surface area (Å²) in [6.07, 6.45) is -2.88. The Hall–Kier alpha value is -3.22. The molecule has 0 saturated heterocycles. The van der Waals surface area contributed by atoms with Gasteiger partial charge in [0.1, 0.15) is 18.5 Å². The van der Waals surface area contributed by atoms with Gasteiger partial charge in [0, 0.05) is 12.5 Å². The summed E-state index contributed by atoms with van der Waals surface area (Å²) in [5.74, 6) is -0.500. The molecule has 0 radical (unpaired) electrons. The van der Waals surface area contributed by atoms with E-state index in [2.05, 4.69) is 17.4 Å². The highest BCUT2D eigenvalue weighted by Crippen LogP contribution is 2.44. The SMILES string of the molecule is Cc1cc(F)cc(C(O)C(O)CCNC(=O)OCC2c3ccccc3-c3ccccc32)c1. The number of fused-ring (bicyclic) bond motifs is 3. The van der Waals surface area contributed by atoms with Crippen LogP contribution in [0.4, 0.5) is 9.18 Å². The summed E-state index contributed by atoms with van der Waals surface area (Å²) in [5, 5.41) is 23.1. The number of aryl methyl sites for hydroxylation is 1. The fourth-order valence-corrected chi connectivity index (χ4v) is 4.29. The lowest BCUT2D eigenvalue weighted by molar-refractivity contribution is 0.0135. The van der Waals surface area contributed by atoms with Crippen LogP contribution < -0.4 is 5.32 Å². The van der Waals surface area contributed by atoms with E-state index in [9.17, 15) is 19.4 Å². The van der Waals surface area contributed by atoms with Crippen LogP contribution >= 0.6 is 0 Å². The number of aliphatic hydroxyl groups excluding tert-OH is 2. The van der Waals surface area contributed by atoms with Gasteiger partial charge in [0.2, 0.25) is 0 Å². The first kappa shape index (κ1) is 22.0. The van der Waals surface area contributed by atoms with Gasteiger partial charge in [-0.15, -0.1) is 0 Å². The van der Waals surface area contributed by atoms with Crippen LogP contribution in [-0.4, -0.2) is 35.6 Å². The van der Waals surface area contributed by atoms with E-state index in [1.165, 1.54) is 12.1 Å². The van der Waals surface area contributed by atoms with Gasteiger partial charge in [-0.2, -0.15) is 0 Å². The lowest BCUT2D eigenvalue weighted by Gasteiger charge is -2.19. The standard InChI is InChI=1S/C26H26FNO4/c1-16-12-17(14-18(27)13-16)25(30)24(29)10-11-28-26(31)32-15-23-21-8-4-2-6-19(21)20-7-3-5-9-22(20)23/h2-9,12-14,23-25,29-30H,10-11,15H2,1H3,(H,28,31). The molecule has 1 aliphatic rings. The summed E-state index contributed by atoms with van der Waals surface area (Å²) in [7, 11) is 0. The Morgan fingerprint density at radius 3 is 2.28 bits per heavy atom. The van der Waals surface area contributed by atoms with Crippen molar-refractivity contribution in [1.82, 2.24) is 5.32 Å².